The van der Waals surface area contributed by atoms with Gasteiger partial charge in [0.1, 0.15) is 0 Å². The van der Waals surface area contributed by atoms with Crippen molar-refractivity contribution in [3.05, 3.63) is 28.5 Å². The lowest BCUT2D eigenvalue weighted by molar-refractivity contribution is 0.385. The van der Waals surface area contributed by atoms with Crippen LogP contribution in [0.1, 0.15) is 39.2 Å². The predicted molar refractivity (Wildman–Crippen MR) is 81.7 cm³/mol. The molecule has 18 heavy (non-hydrogen) atoms. The Kier molecular flexibility index (Phi) is 7.52. The molecule has 1 heterocycles. The van der Waals surface area contributed by atoms with Gasteiger partial charge in [-0.3, -0.25) is 4.98 Å². The molecule has 0 bridgehead atoms. The molecule has 1 aromatic heterocycles. The predicted octanol–water partition coefficient (Wildman–Crippen LogP) is 4.05. The first-order valence-corrected chi connectivity index (χ1v) is 7.71. The molecule has 1 rings (SSSR count). The van der Waals surface area contributed by atoms with E-state index in [9.17, 15) is 0 Å². The summed E-state index contributed by atoms with van der Waals surface area (Å²) in [5, 5.41) is 3.54. The molecule has 0 aliphatic carbocycles. The lowest BCUT2D eigenvalue weighted by Gasteiger charge is -2.19. The number of rotatable bonds is 8. The zero-order chi connectivity index (χ0) is 13.4. The second-order valence-corrected chi connectivity index (χ2v) is 6.33. The quantitative estimate of drug-likeness (QED) is 0.732. The van der Waals surface area contributed by atoms with E-state index in [0.717, 1.165) is 29.9 Å². The number of hydrogen-bond acceptors (Lipinski definition) is 2. The Bertz CT molecular complexity index is 339. The third kappa shape index (κ3) is 6.50. The first-order valence-electron chi connectivity index (χ1n) is 6.92. The summed E-state index contributed by atoms with van der Waals surface area (Å²) in [4.78, 5) is 4.25. The van der Waals surface area contributed by atoms with Crippen molar-refractivity contribution in [3.63, 3.8) is 0 Å². The van der Waals surface area contributed by atoms with Crippen LogP contribution in [-0.2, 0) is 6.42 Å². The van der Waals surface area contributed by atoms with Crippen LogP contribution in [-0.4, -0.2) is 18.1 Å². The monoisotopic (exact) mass is 312 g/mol. The summed E-state index contributed by atoms with van der Waals surface area (Å²) in [6.07, 6.45) is 7.41. The van der Waals surface area contributed by atoms with Gasteiger partial charge in [0.25, 0.3) is 0 Å². The molecule has 2 nitrogen and oxygen atoms in total. The van der Waals surface area contributed by atoms with Gasteiger partial charge in [-0.2, -0.15) is 0 Å². The standard InChI is InChI=1S/C15H25BrN2/c1-4-5-17-9-13(6-12(2)3)7-14-8-15(16)11-18-10-14/h8,10-13,17H,4-7,9H2,1-3H3. The second-order valence-electron chi connectivity index (χ2n) is 5.42. The Hall–Kier alpha value is -0.410. The number of halogens is 1. The van der Waals surface area contributed by atoms with E-state index in [1.807, 2.05) is 12.4 Å². The number of pyridine rings is 1. The van der Waals surface area contributed by atoms with Crippen molar-refractivity contribution >= 4 is 15.9 Å². The van der Waals surface area contributed by atoms with E-state index in [-0.39, 0.29) is 0 Å². The summed E-state index contributed by atoms with van der Waals surface area (Å²) < 4.78 is 1.07. The minimum absolute atomic E-state index is 0.702. The SMILES string of the molecule is CCCNCC(Cc1cncc(Br)c1)CC(C)C. The summed E-state index contributed by atoms with van der Waals surface area (Å²) in [6.45, 7) is 9.03. The highest BCUT2D eigenvalue weighted by atomic mass is 79.9. The molecule has 0 aliphatic heterocycles. The molecule has 102 valence electrons. The summed E-state index contributed by atoms with van der Waals surface area (Å²) in [5.41, 5.74) is 1.33. The van der Waals surface area contributed by atoms with Crippen LogP contribution >= 0.6 is 15.9 Å². The summed E-state index contributed by atoms with van der Waals surface area (Å²) in [6, 6.07) is 2.18. The number of hydrogen-bond donors (Lipinski definition) is 1. The molecule has 0 radical (unpaired) electrons. The van der Waals surface area contributed by atoms with Crippen molar-refractivity contribution in [2.24, 2.45) is 11.8 Å². The van der Waals surface area contributed by atoms with Crippen LogP contribution in [0.3, 0.4) is 0 Å². The number of nitrogens with one attached hydrogen (secondary N) is 1. The van der Waals surface area contributed by atoms with E-state index >= 15 is 0 Å². The van der Waals surface area contributed by atoms with Gasteiger partial charge in [-0.25, -0.2) is 0 Å². The fourth-order valence-electron chi connectivity index (χ4n) is 2.29. The molecule has 0 saturated heterocycles. The van der Waals surface area contributed by atoms with Gasteiger partial charge in [0, 0.05) is 16.9 Å². The molecule has 1 unspecified atom stereocenters. The van der Waals surface area contributed by atoms with Crippen LogP contribution in [0.2, 0.25) is 0 Å². The van der Waals surface area contributed by atoms with E-state index in [1.165, 1.54) is 18.4 Å². The number of aromatic nitrogens is 1. The maximum Gasteiger partial charge on any atom is 0.0410 e. The highest BCUT2D eigenvalue weighted by Crippen LogP contribution is 2.18. The first kappa shape index (κ1) is 15.6. The third-order valence-electron chi connectivity index (χ3n) is 2.95. The van der Waals surface area contributed by atoms with Gasteiger partial charge in [-0.05, 0) is 71.7 Å². The third-order valence-corrected chi connectivity index (χ3v) is 3.38. The Balaban J connectivity index is 2.53. The van der Waals surface area contributed by atoms with E-state index in [4.69, 9.17) is 0 Å². The summed E-state index contributed by atoms with van der Waals surface area (Å²) >= 11 is 3.49. The second kappa shape index (κ2) is 8.65. The lowest BCUT2D eigenvalue weighted by atomic mass is 9.91. The molecule has 0 fully saturated rings. The average Bonchev–Trinajstić information content (AvgIpc) is 2.28. The number of nitrogens with zero attached hydrogens (tertiary/aromatic N) is 1. The van der Waals surface area contributed by atoms with Crippen LogP contribution in [0.5, 0.6) is 0 Å². The Morgan fingerprint density at radius 3 is 2.72 bits per heavy atom. The fraction of sp³-hybridized carbons (Fsp3) is 0.667. The molecule has 0 aromatic carbocycles. The highest BCUT2D eigenvalue weighted by Gasteiger charge is 2.12. The Labute approximate surface area is 120 Å². The van der Waals surface area contributed by atoms with Crippen LogP contribution < -0.4 is 5.32 Å². The molecule has 0 amide bonds. The molecule has 1 atom stereocenters. The highest BCUT2D eigenvalue weighted by molar-refractivity contribution is 9.10. The van der Waals surface area contributed by atoms with Gasteiger partial charge in [-0.1, -0.05) is 20.8 Å². The smallest absolute Gasteiger partial charge is 0.0410 e. The topological polar surface area (TPSA) is 24.9 Å². The van der Waals surface area contributed by atoms with Crippen LogP contribution in [0.4, 0.5) is 0 Å². The summed E-state index contributed by atoms with van der Waals surface area (Å²) in [7, 11) is 0. The van der Waals surface area contributed by atoms with Crippen molar-refractivity contribution in [1.29, 1.82) is 0 Å². The van der Waals surface area contributed by atoms with E-state index < -0.39 is 0 Å². The van der Waals surface area contributed by atoms with Crippen molar-refractivity contribution in [2.45, 2.75) is 40.0 Å². The Morgan fingerprint density at radius 1 is 1.33 bits per heavy atom. The normalized spacial score (nSPS) is 12.9. The van der Waals surface area contributed by atoms with Gasteiger partial charge in [-0.15, -0.1) is 0 Å². The maximum absolute atomic E-state index is 4.25. The minimum atomic E-state index is 0.702. The average molecular weight is 313 g/mol. The van der Waals surface area contributed by atoms with Gasteiger partial charge >= 0.3 is 0 Å². The zero-order valence-corrected chi connectivity index (χ0v) is 13.3. The van der Waals surface area contributed by atoms with Crippen LogP contribution in [0.15, 0.2) is 22.9 Å². The fourth-order valence-corrected chi connectivity index (χ4v) is 2.70. The Morgan fingerprint density at radius 2 is 2.11 bits per heavy atom. The molecule has 0 saturated carbocycles. The lowest BCUT2D eigenvalue weighted by Crippen LogP contribution is -2.26. The zero-order valence-electron chi connectivity index (χ0n) is 11.7. The first-order chi connectivity index (χ1) is 8.61. The summed E-state index contributed by atoms with van der Waals surface area (Å²) in [5.74, 6) is 1.45. The van der Waals surface area contributed by atoms with Gasteiger partial charge in [0.15, 0.2) is 0 Å². The van der Waals surface area contributed by atoms with Gasteiger partial charge in [0.05, 0.1) is 0 Å². The minimum Gasteiger partial charge on any atom is -0.316 e. The molecule has 1 N–H and O–H groups in total. The van der Waals surface area contributed by atoms with Gasteiger partial charge < -0.3 is 5.32 Å². The maximum atomic E-state index is 4.25. The molecule has 3 heteroatoms. The van der Waals surface area contributed by atoms with E-state index in [0.29, 0.717) is 5.92 Å². The van der Waals surface area contributed by atoms with E-state index in [2.05, 4.69) is 53.1 Å². The van der Waals surface area contributed by atoms with Crippen molar-refractivity contribution in [2.75, 3.05) is 13.1 Å². The van der Waals surface area contributed by atoms with Crippen molar-refractivity contribution < 1.29 is 0 Å². The van der Waals surface area contributed by atoms with Crippen molar-refractivity contribution in [1.82, 2.24) is 10.3 Å². The molecular weight excluding hydrogens is 288 g/mol. The molecular formula is C15H25BrN2. The largest absolute Gasteiger partial charge is 0.316 e. The van der Waals surface area contributed by atoms with Gasteiger partial charge in [0.2, 0.25) is 0 Å². The molecule has 0 spiro atoms. The van der Waals surface area contributed by atoms with E-state index in [1.54, 1.807) is 0 Å². The molecule has 0 aliphatic rings. The van der Waals surface area contributed by atoms with Crippen molar-refractivity contribution in [3.8, 4) is 0 Å². The van der Waals surface area contributed by atoms with Crippen LogP contribution in [0, 0.1) is 11.8 Å². The van der Waals surface area contributed by atoms with Crippen LogP contribution in [0.25, 0.3) is 0 Å². The molecule has 1 aromatic rings.